The van der Waals surface area contributed by atoms with E-state index < -0.39 is 0 Å². The van der Waals surface area contributed by atoms with Crippen molar-refractivity contribution in [2.45, 2.75) is 58.7 Å². The summed E-state index contributed by atoms with van der Waals surface area (Å²) in [6.07, 6.45) is 6.43. The van der Waals surface area contributed by atoms with Crippen molar-refractivity contribution < 1.29 is 9.84 Å². The number of aliphatic hydroxyl groups excluding tert-OH is 1. The number of ether oxygens (including phenoxy) is 1. The maximum absolute atomic E-state index is 9.49. The Balaban J connectivity index is 2.14. The fourth-order valence-electron chi connectivity index (χ4n) is 2.97. The van der Waals surface area contributed by atoms with E-state index in [1.807, 2.05) is 13.0 Å². The molecule has 0 radical (unpaired) electrons. The molecule has 19 heavy (non-hydrogen) atoms. The average molecular weight is 327 g/mol. The van der Waals surface area contributed by atoms with Crippen LogP contribution in [0.1, 0.15) is 50.2 Å². The van der Waals surface area contributed by atoms with Gasteiger partial charge in [0.25, 0.3) is 0 Å². The lowest BCUT2D eigenvalue weighted by molar-refractivity contribution is 0.118. The van der Waals surface area contributed by atoms with Gasteiger partial charge in [-0.05, 0) is 49.8 Å². The monoisotopic (exact) mass is 326 g/mol. The maximum atomic E-state index is 9.49. The summed E-state index contributed by atoms with van der Waals surface area (Å²) in [5.41, 5.74) is 1.97. The highest BCUT2D eigenvalue weighted by molar-refractivity contribution is 9.10. The first-order valence-electron chi connectivity index (χ1n) is 7.20. The molecule has 2 atom stereocenters. The van der Waals surface area contributed by atoms with E-state index in [0.29, 0.717) is 6.10 Å². The molecule has 1 aromatic carbocycles. The van der Waals surface area contributed by atoms with Crippen molar-refractivity contribution in [3.8, 4) is 5.75 Å². The first-order valence-corrected chi connectivity index (χ1v) is 7.99. The molecule has 1 aliphatic carbocycles. The summed E-state index contributed by atoms with van der Waals surface area (Å²) in [7, 11) is 0. The van der Waals surface area contributed by atoms with Gasteiger partial charge in [0.15, 0.2) is 0 Å². The van der Waals surface area contributed by atoms with E-state index in [1.54, 1.807) is 0 Å². The minimum absolute atomic E-state index is 0.0273. The lowest BCUT2D eigenvalue weighted by Crippen LogP contribution is -2.25. The molecule has 2 nitrogen and oxygen atoms in total. The number of hydrogen-bond donors (Lipinski definition) is 1. The molecule has 106 valence electrons. The largest absolute Gasteiger partial charge is 0.490 e. The van der Waals surface area contributed by atoms with Crippen LogP contribution in [0.25, 0.3) is 0 Å². The van der Waals surface area contributed by atoms with Crippen molar-refractivity contribution in [1.82, 2.24) is 0 Å². The first-order chi connectivity index (χ1) is 9.13. The first kappa shape index (κ1) is 14.9. The summed E-state index contributed by atoms with van der Waals surface area (Å²) < 4.78 is 7.21. The number of hydrogen-bond acceptors (Lipinski definition) is 2. The highest BCUT2D eigenvalue weighted by Gasteiger charge is 2.23. The summed E-state index contributed by atoms with van der Waals surface area (Å²) in [4.78, 5) is 0. The number of aryl methyl sites for hydroxylation is 1. The Morgan fingerprint density at radius 3 is 2.84 bits per heavy atom. The molecule has 3 heteroatoms. The standard InChI is InChI=1S/C16H23BrO2/c1-3-12-5-4-6-15(8-12)19-16-11(2)7-14(17)9-13(16)10-18/h7,9,12,15,18H,3-6,8,10H2,1-2H3. The van der Waals surface area contributed by atoms with E-state index in [9.17, 15) is 5.11 Å². The fraction of sp³-hybridized carbons (Fsp3) is 0.625. The molecule has 0 spiro atoms. The van der Waals surface area contributed by atoms with Gasteiger partial charge in [0.05, 0.1) is 12.7 Å². The zero-order valence-electron chi connectivity index (χ0n) is 11.8. The molecule has 1 saturated carbocycles. The number of halogens is 1. The van der Waals surface area contributed by atoms with E-state index in [-0.39, 0.29) is 6.61 Å². The van der Waals surface area contributed by atoms with Gasteiger partial charge in [-0.2, -0.15) is 0 Å². The predicted octanol–water partition coefficient (Wildman–Crippen LogP) is 4.60. The molecule has 2 unspecified atom stereocenters. The molecule has 1 fully saturated rings. The highest BCUT2D eigenvalue weighted by atomic mass is 79.9. The lowest BCUT2D eigenvalue weighted by Gasteiger charge is -2.30. The van der Waals surface area contributed by atoms with Gasteiger partial charge < -0.3 is 9.84 Å². The van der Waals surface area contributed by atoms with E-state index in [0.717, 1.165) is 40.1 Å². The second-order valence-electron chi connectivity index (χ2n) is 5.55. The molecule has 0 bridgehead atoms. The topological polar surface area (TPSA) is 29.5 Å². The molecule has 2 rings (SSSR count). The number of rotatable bonds is 4. The second-order valence-corrected chi connectivity index (χ2v) is 6.47. The Morgan fingerprint density at radius 2 is 2.16 bits per heavy atom. The molecule has 0 aliphatic heterocycles. The van der Waals surface area contributed by atoms with Crippen molar-refractivity contribution in [3.05, 3.63) is 27.7 Å². The van der Waals surface area contributed by atoms with Crippen LogP contribution in [-0.2, 0) is 6.61 Å². The molecule has 0 saturated heterocycles. The van der Waals surface area contributed by atoms with Gasteiger partial charge in [-0.1, -0.05) is 35.7 Å². The Kier molecular flexibility index (Phi) is 5.28. The van der Waals surface area contributed by atoms with Crippen LogP contribution >= 0.6 is 15.9 Å². The number of aliphatic hydroxyl groups is 1. The second kappa shape index (κ2) is 6.76. The third kappa shape index (κ3) is 3.73. The van der Waals surface area contributed by atoms with Gasteiger partial charge in [-0.25, -0.2) is 0 Å². The highest BCUT2D eigenvalue weighted by Crippen LogP contribution is 2.34. The van der Waals surface area contributed by atoms with E-state index in [4.69, 9.17) is 4.74 Å². The SMILES string of the molecule is CCC1CCCC(Oc2c(C)cc(Br)cc2CO)C1. The van der Waals surface area contributed by atoms with Crippen LogP contribution in [0.2, 0.25) is 0 Å². The zero-order valence-corrected chi connectivity index (χ0v) is 13.4. The third-order valence-corrected chi connectivity index (χ3v) is 4.54. The molecular formula is C16H23BrO2. The summed E-state index contributed by atoms with van der Waals surface area (Å²) in [5, 5.41) is 9.49. The Labute approximate surface area is 124 Å². The Bertz CT molecular complexity index is 431. The molecular weight excluding hydrogens is 304 g/mol. The van der Waals surface area contributed by atoms with Crippen LogP contribution in [0.4, 0.5) is 0 Å². The van der Waals surface area contributed by atoms with E-state index in [1.165, 1.54) is 19.3 Å². The Morgan fingerprint density at radius 1 is 1.37 bits per heavy atom. The van der Waals surface area contributed by atoms with Crippen molar-refractivity contribution >= 4 is 15.9 Å². The minimum atomic E-state index is 0.0273. The van der Waals surface area contributed by atoms with E-state index in [2.05, 4.69) is 28.9 Å². The average Bonchev–Trinajstić information content (AvgIpc) is 2.41. The van der Waals surface area contributed by atoms with Crippen LogP contribution in [0, 0.1) is 12.8 Å². The van der Waals surface area contributed by atoms with Crippen LogP contribution in [0.3, 0.4) is 0 Å². The smallest absolute Gasteiger partial charge is 0.128 e. The maximum Gasteiger partial charge on any atom is 0.128 e. The van der Waals surface area contributed by atoms with Gasteiger partial charge in [-0.3, -0.25) is 0 Å². The summed E-state index contributed by atoms with van der Waals surface area (Å²) >= 11 is 3.47. The van der Waals surface area contributed by atoms with Crippen LogP contribution in [0.15, 0.2) is 16.6 Å². The van der Waals surface area contributed by atoms with Crippen molar-refractivity contribution in [2.24, 2.45) is 5.92 Å². The molecule has 0 aromatic heterocycles. The minimum Gasteiger partial charge on any atom is -0.490 e. The zero-order chi connectivity index (χ0) is 13.8. The van der Waals surface area contributed by atoms with Crippen LogP contribution < -0.4 is 4.74 Å². The normalized spacial score (nSPS) is 23.4. The van der Waals surface area contributed by atoms with Crippen LogP contribution in [0.5, 0.6) is 5.75 Å². The Hall–Kier alpha value is -0.540. The summed E-state index contributed by atoms with van der Waals surface area (Å²) in [6, 6.07) is 4.00. The molecule has 0 amide bonds. The van der Waals surface area contributed by atoms with Gasteiger partial charge in [0.2, 0.25) is 0 Å². The summed E-state index contributed by atoms with van der Waals surface area (Å²) in [6.45, 7) is 4.33. The predicted molar refractivity (Wildman–Crippen MR) is 81.5 cm³/mol. The van der Waals surface area contributed by atoms with Gasteiger partial charge in [0.1, 0.15) is 5.75 Å². The molecule has 0 heterocycles. The third-order valence-electron chi connectivity index (χ3n) is 4.08. The van der Waals surface area contributed by atoms with Gasteiger partial charge in [0, 0.05) is 10.0 Å². The molecule has 1 aromatic rings. The van der Waals surface area contributed by atoms with E-state index >= 15 is 0 Å². The number of benzene rings is 1. The van der Waals surface area contributed by atoms with Gasteiger partial charge >= 0.3 is 0 Å². The summed E-state index contributed by atoms with van der Waals surface area (Å²) in [5.74, 6) is 1.68. The molecule has 1 aliphatic rings. The fourth-order valence-corrected chi connectivity index (χ4v) is 3.59. The van der Waals surface area contributed by atoms with Gasteiger partial charge in [-0.15, -0.1) is 0 Å². The quantitative estimate of drug-likeness (QED) is 0.876. The van der Waals surface area contributed by atoms with Crippen molar-refractivity contribution in [3.63, 3.8) is 0 Å². The van der Waals surface area contributed by atoms with Crippen molar-refractivity contribution in [1.29, 1.82) is 0 Å². The lowest BCUT2D eigenvalue weighted by atomic mass is 9.85. The molecule has 1 N–H and O–H groups in total. The van der Waals surface area contributed by atoms with Crippen molar-refractivity contribution in [2.75, 3.05) is 0 Å². The van der Waals surface area contributed by atoms with Crippen LogP contribution in [-0.4, -0.2) is 11.2 Å².